The molecular formula is C20H16N2O4. The van der Waals surface area contributed by atoms with E-state index < -0.39 is 11.6 Å². The fourth-order valence-electron chi connectivity index (χ4n) is 3.94. The summed E-state index contributed by atoms with van der Waals surface area (Å²) in [4.78, 5) is 29.9. The molecule has 0 aliphatic carbocycles. The Hall–Kier alpha value is -2.99. The summed E-state index contributed by atoms with van der Waals surface area (Å²) < 4.78 is 6.72. The van der Waals surface area contributed by atoms with Gasteiger partial charge in [0.05, 0.1) is 22.5 Å². The van der Waals surface area contributed by atoms with Crippen LogP contribution in [0.2, 0.25) is 0 Å². The number of rotatable bonds is 1. The van der Waals surface area contributed by atoms with Crippen LogP contribution in [-0.2, 0) is 28.2 Å². The number of pyridine rings is 2. The minimum atomic E-state index is -1.77. The average molecular weight is 348 g/mol. The second kappa shape index (κ2) is 5.02. The van der Waals surface area contributed by atoms with E-state index in [2.05, 4.69) is 4.98 Å². The fourth-order valence-corrected chi connectivity index (χ4v) is 3.94. The maximum Gasteiger partial charge on any atom is 0.343 e. The van der Waals surface area contributed by atoms with E-state index in [1.807, 2.05) is 30.3 Å². The van der Waals surface area contributed by atoms with Gasteiger partial charge in [-0.2, -0.15) is 0 Å². The summed E-state index contributed by atoms with van der Waals surface area (Å²) in [7, 11) is 0. The number of esters is 1. The van der Waals surface area contributed by atoms with E-state index in [1.165, 1.54) is 0 Å². The van der Waals surface area contributed by atoms with Crippen LogP contribution < -0.4 is 5.56 Å². The van der Waals surface area contributed by atoms with Crippen LogP contribution in [0.15, 0.2) is 41.2 Å². The zero-order valence-corrected chi connectivity index (χ0v) is 14.2. The van der Waals surface area contributed by atoms with Crippen molar-refractivity contribution in [3.8, 4) is 5.69 Å². The molecule has 1 aromatic carbocycles. The number of hydrogen-bond acceptors (Lipinski definition) is 5. The number of aromatic nitrogens is 2. The molecule has 0 spiro atoms. The van der Waals surface area contributed by atoms with Crippen molar-refractivity contribution in [1.82, 2.24) is 9.55 Å². The number of aliphatic hydroxyl groups is 1. The van der Waals surface area contributed by atoms with E-state index >= 15 is 0 Å². The normalized spacial score (nSPS) is 20.5. The van der Waals surface area contributed by atoms with Crippen molar-refractivity contribution >= 4 is 16.9 Å². The van der Waals surface area contributed by atoms with Crippen LogP contribution >= 0.6 is 0 Å². The Kier molecular flexibility index (Phi) is 2.95. The molecule has 6 nitrogen and oxygen atoms in total. The molecule has 3 aromatic rings. The summed E-state index contributed by atoms with van der Waals surface area (Å²) in [5.74, 6) is -0.698. The van der Waals surface area contributed by atoms with E-state index in [4.69, 9.17) is 4.74 Å². The molecule has 5 rings (SSSR count). The van der Waals surface area contributed by atoms with Crippen LogP contribution in [0.25, 0.3) is 16.6 Å². The predicted molar refractivity (Wildman–Crippen MR) is 94.1 cm³/mol. The van der Waals surface area contributed by atoms with E-state index in [-0.39, 0.29) is 18.6 Å². The van der Waals surface area contributed by atoms with Gasteiger partial charge in [0.25, 0.3) is 5.56 Å². The zero-order chi connectivity index (χ0) is 18.1. The number of carbonyl (C=O) groups excluding carboxylic acids is 1. The lowest BCUT2D eigenvalue weighted by Gasteiger charge is -2.31. The number of ether oxygens (including phenoxy) is 1. The maximum atomic E-state index is 13.1. The molecule has 0 radical (unpaired) electrons. The van der Waals surface area contributed by atoms with Crippen molar-refractivity contribution in [3.05, 3.63) is 69.3 Å². The molecule has 130 valence electrons. The van der Waals surface area contributed by atoms with Crippen molar-refractivity contribution < 1.29 is 14.6 Å². The summed E-state index contributed by atoms with van der Waals surface area (Å²) in [5, 5.41) is 11.7. The predicted octanol–water partition coefficient (Wildman–Crippen LogP) is 1.94. The topological polar surface area (TPSA) is 81.4 Å². The summed E-state index contributed by atoms with van der Waals surface area (Å²) in [5.41, 5.74) is 1.85. The number of hydrogen-bond donors (Lipinski definition) is 1. The highest BCUT2D eigenvalue weighted by atomic mass is 16.6. The first-order chi connectivity index (χ1) is 12.5. The van der Waals surface area contributed by atoms with Crippen LogP contribution in [0.3, 0.4) is 0 Å². The molecule has 1 unspecified atom stereocenters. The molecule has 0 saturated carbocycles. The number of carbonyl (C=O) groups is 1. The van der Waals surface area contributed by atoms with Crippen LogP contribution in [-0.4, -0.2) is 20.6 Å². The Morgan fingerprint density at radius 3 is 2.88 bits per heavy atom. The van der Waals surface area contributed by atoms with Crippen molar-refractivity contribution in [2.24, 2.45) is 0 Å². The lowest BCUT2D eigenvalue weighted by atomic mass is 9.86. The Balaban J connectivity index is 1.80. The third kappa shape index (κ3) is 1.82. The largest absolute Gasteiger partial charge is 0.458 e. The number of nitrogens with zero attached hydrogens (tertiary/aromatic N) is 2. The molecule has 2 aliphatic heterocycles. The molecule has 0 amide bonds. The summed E-state index contributed by atoms with van der Waals surface area (Å²) in [6.07, 6.45) is 0.633. The Labute approximate surface area is 148 Å². The number of fused-ring (bicyclic) bond motifs is 5. The zero-order valence-electron chi connectivity index (χ0n) is 14.2. The van der Waals surface area contributed by atoms with Gasteiger partial charge in [0.2, 0.25) is 0 Å². The maximum absolute atomic E-state index is 13.1. The van der Waals surface area contributed by atoms with Gasteiger partial charge in [-0.25, -0.2) is 4.79 Å². The van der Waals surface area contributed by atoms with Crippen molar-refractivity contribution in [3.63, 3.8) is 0 Å². The molecule has 4 heterocycles. The molecule has 0 fully saturated rings. The van der Waals surface area contributed by atoms with E-state index in [1.54, 1.807) is 17.6 Å². The summed E-state index contributed by atoms with van der Waals surface area (Å²) in [6, 6.07) is 11.5. The van der Waals surface area contributed by atoms with Crippen LogP contribution in [0.5, 0.6) is 0 Å². The van der Waals surface area contributed by atoms with E-state index in [0.717, 1.165) is 28.0 Å². The van der Waals surface area contributed by atoms with Gasteiger partial charge < -0.3 is 9.84 Å². The van der Waals surface area contributed by atoms with Gasteiger partial charge in [-0.05, 0) is 24.6 Å². The third-order valence-corrected chi connectivity index (χ3v) is 5.40. The van der Waals surface area contributed by atoms with Gasteiger partial charge in [0, 0.05) is 23.1 Å². The molecule has 26 heavy (non-hydrogen) atoms. The minimum Gasteiger partial charge on any atom is -0.458 e. The van der Waals surface area contributed by atoms with E-state index in [9.17, 15) is 14.7 Å². The highest BCUT2D eigenvalue weighted by molar-refractivity contribution is 5.84. The lowest BCUT2D eigenvalue weighted by Crippen LogP contribution is -2.44. The quantitative estimate of drug-likeness (QED) is 0.532. The van der Waals surface area contributed by atoms with Crippen molar-refractivity contribution in [1.29, 1.82) is 0 Å². The number of cyclic esters (lactones) is 1. The molecule has 1 atom stereocenters. The smallest absolute Gasteiger partial charge is 0.343 e. The van der Waals surface area contributed by atoms with Crippen LogP contribution in [0.1, 0.15) is 35.9 Å². The van der Waals surface area contributed by atoms with Crippen LogP contribution in [0, 0.1) is 0 Å². The monoisotopic (exact) mass is 348 g/mol. The third-order valence-electron chi connectivity index (χ3n) is 5.40. The Bertz CT molecular complexity index is 1160. The second-order valence-corrected chi connectivity index (χ2v) is 6.78. The lowest BCUT2D eigenvalue weighted by molar-refractivity contribution is -0.172. The summed E-state index contributed by atoms with van der Waals surface area (Å²) >= 11 is 0. The average Bonchev–Trinajstić information content (AvgIpc) is 3.01. The highest BCUT2D eigenvalue weighted by Crippen LogP contribution is 2.36. The first-order valence-electron chi connectivity index (χ1n) is 8.60. The van der Waals surface area contributed by atoms with Crippen molar-refractivity contribution in [2.45, 2.75) is 32.0 Å². The summed E-state index contributed by atoms with van der Waals surface area (Å²) in [6.45, 7) is 1.58. The molecular weight excluding hydrogens is 332 g/mol. The fraction of sp³-hybridized carbons (Fsp3) is 0.250. The Morgan fingerprint density at radius 1 is 1.27 bits per heavy atom. The first-order valence-corrected chi connectivity index (χ1v) is 8.60. The first kappa shape index (κ1) is 15.3. The van der Waals surface area contributed by atoms with Gasteiger partial charge >= 0.3 is 5.97 Å². The van der Waals surface area contributed by atoms with Gasteiger partial charge in [-0.15, -0.1) is 0 Å². The molecule has 1 N–H and O–H groups in total. The highest BCUT2D eigenvalue weighted by Gasteiger charge is 2.45. The van der Waals surface area contributed by atoms with Crippen LogP contribution in [0.4, 0.5) is 0 Å². The molecule has 0 saturated heterocycles. The van der Waals surface area contributed by atoms with Gasteiger partial charge in [0.1, 0.15) is 6.61 Å². The number of benzene rings is 1. The standard InChI is InChI=1S/C20H16N2O4/c1-2-20(25)14-8-12-9-16-17(7-11-5-3-4-6-15(11)21-16)22(12)18(23)13(14)10-26-19(20)24/h3-8,25H,2,9-10H2,1H3. The molecule has 2 aliphatic rings. The van der Waals surface area contributed by atoms with E-state index in [0.29, 0.717) is 17.5 Å². The molecule has 2 aromatic heterocycles. The van der Waals surface area contributed by atoms with Gasteiger partial charge in [-0.1, -0.05) is 25.1 Å². The number of para-hydroxylation sites is 1. The van der Waals surface area contributed by atoms with Gasteiger partial charge in [-0.3, -0.25) is 14.3 Å². The molecule has 6 heteroatoms. The molecule has 0 bridgehead atoms. The van der Waals surface area contributed by atoms with Gasteiger partial charge in [0.15, 0.2) is 5.60 Å². The second-order valence-electron chi connectivity index (χ2n) is 6.78. The Morgan fingerprint density at radius 2 is 2.08 bits per heavy atom. The SMILES string of the molecule is CCC1(O)C(=O)OCc2c1cc1n(c2=O)-c2cc3ccccc3nc2C1. The van der Waals surface area contributed by atoms with Crippen molar-refractivity contribution in [2.75, 3.05) is 0 Å². The minimum absolute atomic E-state index is 0.119.